The molecule has 1 heterocycles. The molecule has 10 heteroatoms. The summed E-state index contributed by atoms with van der Waals surface area (Å²) in [6.07, 6.45) is -4.74. The summed E-state index contributed by atoms with van der Waals surface area (Å²) in [5.41, 5.74) is -0.690. The monoisotopic (exact) mass is 442 g/mol. The summed E-state index contributed by atoms with van der Waals surface area (Å²) in [5.74, 6) is -0.756. The van der Waals surface area contributed by atoms with Crippen LogP contribution in [0.15, 0.2) is 47.4 Å². The van der Waals surface area contributed by atoms with Gasteiger partial charge in [0.05, 0.1) is 22.9 Å². The summed E-state index contributed by atoms with van der Waals surface area (Å²) in [4.78, 5) is 0.0260. The highest BCUT2D eigenvalue weighted by Crippen LogP contribution is 2.41. The van der Waals surface area contributed by atoms with Crippen LogP contribution in [0.3, 0.4) is 0 Å². The molecule has 1 aromatic heterocycles. The van der Waals surface area contributed by atoms with Gasteiger partial charge in [0.15, 0.2) is 15.5 Å². The highest BCUT2D eigenvalue weighted by atomic mass is 32.2. The molecule has 0 saturated carbocycles. The third-order valence-corrected chi connectivity index (χ3v) is 6.23. The first kappa shape index (κ1) is 22.0. The first-order valence-corrected chi connectivity index (χ1v) is 10.4. The first-order chi connectivity index (χ1) is 14.0. The molecule has 5 nitrogen and oxygen atoms in total. The molecule has 2 aromatic carbocycles. The Bertz CT molecular complexity index is 1150. The van der Waals surface area contributed by atoms with E-state index in [1.54, 1.807) is 0 Å². The Morgan fingerprint density at radius 3 is 2.27 bits per heavy atom. The highest BCUT2D eigenvalue weighted by molar-refractivity contribution is 7.91. The van der Waals surface area contributed by atoms with E-state index in [1.165, 1.54) is 50.4 Å². The fourth-order valence-electron chi connectivity index (χ4n) is 2.98. The summed E-state index contributed by atoms with van der Waals surface area (Å²) < 4.78 is 83.5. The van der Waals surface area contributed by atoms with Gasteiger partial charge in [0, 0.05) is 18.2 Å². The van der Waals surface area contributed by atoms with Gasteiger partial charge in [-0.05, 0) is 42.3 Å². The standard InChI is InChI=1S/C20H18F4N2O3S/c1-12-11-14(5-8-16(12)21)17-18(25-26-19(17)20(22,23)24)13-3-6-15(7-4-13)30(27,28)10-9-29-2/h3-8,11H,9-10H2,1-2H3,(H,25,26). The van der Waals surface area contributed by atoms with E-state index in [2.05, 4.69) is 10.2 Å². The van der Waals surface area contributed by atoms with Crippen LogP contribution < -0.4 is 0 Å². The summed E-state index contributed by atoms with van der Waals surface area (Å²) in [6.45, 7) is 1.47. The van der Waals surface area contributed by atoms with E-state index >= 15 is 0 Å². The quantitative estimate of drug-likeness (QED) is 0.565. The average molecular weight is 442 g/mol. The average Bonchev–Trinajstić information content (AvgIpc) is 3.14. The number of aryl methyl sites for hydroxylation is 1. The second-order valence-electron chi connectivity index (χ2n) is 6.62. The minimum absolute atomic E-state index is 0.0215. The van der Waals surface area contributed by atoms with Gasteiger partial charge in [-0.25, -0.2) is 12.8 Å². The molecule has 0 bridgehead atoms. The number of hydrogen-bond donors (Lipinski definition) is 1. The van der Waals surface area contributed by atoms with Crippen molar-refractivity contribution in [3.05, 3.63) is 59.5 Å². The van der Waals surface area contributed by atoms with Gasteiger partial charge in [-0.2, -0.15) is 18.3 Å². The third-order valence-electron chi connectivity index (χ3n) is 4.54. The lowest BCUT2D eigenvalue weighted by atomic mass is 9.97. The maximum absolute atomic E-state index is 13.6. The number of H-pyrrole nitrogens is 1. The van der Waals surface area contributed by atoms with Crippen LogP contribution in [0.25, 0.3) is 22.4 Å². The van der Waals surface area contributed by atoms with Gasteiger partial charge in [0.2, 0.25) is 0 Å². The molecular formula is C20H18F4N2O3S. The molecule has 0 radical (unpaired) electrons. The van der Waals surface area contributed by atoms with Gasteiger partial charge in [-0.3, -0.25) is 5.10 Å². The van der Waals surface area contributed by atoms with Crippen molar-refractivity contribution in [3.8, 4) is 22.4 Å². The maximum atomic E-state index is 13.6. The number of alkyl halides is 3. The lowest BCUT2D eigenvalue weighted by Gasteiger charge is -2.11. The predicted molar refractivity (Wildman–Crippen MR) is 103 cm³/mol. The number of halogens is 4. The Kier molecular flexibility index (Phi) is 6.00. The molecule has 1 N–H and O–H groups in total. The van der Waals surface area contributed by atoms with Crippen LogP contribution in [0.5, 0.6) is 0 Å². The minimum atomic E-state index is -4.74. The number of methoxy groups -OCH3 is 1. The van der Waals surface area contributed by atoms with Gasteiger partial charge < -0.3 is 4.74 Å². The van der Waals surface area contributed by atoms with Gasteiger partial charge in [0.1, 0.15) is 5.82 Å². The number of benzene rings is 2. The Labute approximate surface area is 170 Å². The van der Waals surface area contributed by atoms with E-state index in [9.17, 15) is 26.0 Å². The van der Waals surface area contributed by atoms with E-state index in [1.807, 2.05) is 0 Å². The molecule has 0 atom stereocenters. The number of rotatable bonds is 6. The Morgan fingerprint density at radius 2 is 1.70 bits per heavy atom. The zero-order valence-electron chi connectivity index (χ0n) is 16.0. The van der Waals surface area contributed by atoms with Crippen molar-refractivity contribution in [1.29, 1.82) is 0 Å². The molecule has 0 aliphatic carbocycles. The van der Waals surface area contributed by atoms with Crippen LogP contribution in [0, 0.1) is 12.7 Å². The Hall–Kier alpha value is -2.72. The molecule has 0 spiro atoms. The van der Waals surface area contributed by atoms with Gasteiger partial charge >= 0.3 is 6.18 Å². The molecule has 160 valence electrons. The van der Waals surface area contributed by atoms with Crippen molar-refractivity contribution in [2.75, 3.05) is 19.5 Å². The number of aromatic nitrogens is 2. The van der Waals surface area contributed by atoms with Gasteiger partial charge in [-0.1, -0.05) is 18.2 Å². The molecule has 0 saturated heterocycles. The first-order valence-electron chi connectivity index (χ1n) is 8.79. The van der Waals surface area contributed by atoms with Crippen LogP contribution in [0.1, 0.15) is 11.3 Å². The van der Waals surface area contributed by atoms with Gasteiger partial charge in [-0.15, -0.1) is 0 Å². The van der Waals surface area contributed by atoms with E-state index in [4.69, 9.17) is 4.74 Å². The molecule has 0 aliphatic rings. The molecule has 3 aromatic rings. The number of hydrogen-bond acceptors (Lipinski definition) is 4. The molecule has 0 unspecified atom stereocenters. The molecular weight excluding hydrogens is 424 g/mol. The van der Waals surface area contributed by atoms with E-state index in [-0.39, 0.29) is 39.6 Å². The molecule has 0 fully saturated rings. The van der Waals surface area contributed by atoms with Crippen molar-refractivity contribution < 1.29 is 30.7 Å². The fourth-order valence-corrected chi connectivity index (χ4v) is 4.15. The lowest BCUT2D eigenvalue weighted by Crippen LogP contribution is -2.11. The van der Waals surface area contributed by atoms with E-state index in [0.29, 0.717) is 5.56 Å². The smallest absolute Gasteiger partial charge is 0.384 e. The predicted octanol–water partition coefficient (Wildman–Crippen LogP) is 4.63. The second-order valence-corrected chi connectivity index (χ2v) is 8.73. The Morgan fingerprint density at radius 1 is 1.07 bits per heavy atom. The number of sulfone groups is 1. The summed E-state index contributed by atoms with van der Waals surface area (Å²) in [6, 6.07) is 9.06. The van der Waals surface area contributed by atoms with Crippen molar-refractivity contribution in [1.82, 2.24) is 10.2 Å². The van der Waals surface area contributed by atoms with Crippen molar-refractivity contribution in [3.63, 3.8) is 0 Å². The van der Waals surface area contributed by atoms with Gasteiger partial charge in [0.25, 0.3) is 0 Å². The zero-order valence-corrected chi connectivity index (χ0v) is 16.9. The summed E-state index contributed by atoms with van der Waals surface area (Å²) in [7, 11) is -2.20. The van der Waals surface area contributed by atoms with Crippen molar-refractivity contribution >= 4 is 9.84 Å². The minimum Gasteiger partial charge on any atom is -0.384 e. The van der Waals surface area contributed by atoms with E-state index < -0.39 is 27.5 Å². The van der Waals surface area contributed by atoms with Crippen molar-refractivity contribution in [2.24, 2.45) is 0 Å². The van der Waals surface area contributed by atoms with Crippen LogP contribution in [0.4, 0.5) is 17.6 Å². The molecule has 3 rings (SSSR count). The Balaban J connectivity index is 2.11. The largest absolute Gasteiger partial charge is 0.435 e. The van der Waals surface area contributed by atoms with Crippen LogP contribution in [-0.2, 0) is 20.8 Å². The fraction of sp³-hybridized carbons (Fsp3) is 0.250. The number of ether oxygens (including phenoxy) is 1. The number of aromatic amines is 1. The summed E-state index contributed by atoms with van der Waals surface area (Å²) in [5, 5.41) is 5.81. The van der Waals surface area contributed by atoms with E-state index in [0.717, 1.165) is 6.07 Å². The van der Waals surface area contributed by atoms with Crippen LogP contribution >= 0.6 is 0 Å². The zero-order chi connectivity index (χ0) is 22.1. The van der Waals surface area contributed by atoms with Crippen LogP contribution in [-0.4, -0.2) is 38.1 Å². The third kappa shape index (κ3) is 4.39. The maximum Gasteiger partial charge on any atom is 0.435 e. The normalized spacial score (nSPS) is 12.3. The number of nitrogens with zero attached hydrogens (tertiary/aromatic N) is 1. The molecule has 30 heavy (non-hydrogen) atoms. The SMILES string of the molecule is COCCS(=O)(=O)c1ccc(-c2[nH]nc(C(F)(F)F)c2-c2ccc(F)c(C)c2)cc1. The number of nitrogens with one attached hydrogen (secondary N) is 1. The molecule has 0 aliphatic heterocycles. The topological polar surface area (TPSA) is 72.1 Å². The van der Waals surface area contributed by atoms with Crippen molar-refractivity contribution in [2.45, 2.75) is 18.0 Å². The second kappa shape index (κ2) is 8.19. The van der Waals surface area contributed by atoms with Crippen LogP contribution in [0.2, 0.25) is 0 Å². The molecule has 0 amide bonds. The lowest BCUT2D eigenvalue weighted by molar-refractivity contribution is -0.140. The highest BCUT2D eigenvalue weighted by Gasteiger charge is 2.38. The summed E-state index contributed by atoms with van der Waals surface area (Å²) >= 11 is 0.